The van der Waals surface area contributed by atoms with Gasteiger partial charge in [0.1, 0.15) is 0 Å². The molecule has 1 aliphatic rings. The van der Waals surface area contributed by atoms with Crippen LogP contribution in [0, 0.1) is 0 Å². The summed E-state index contributed by atoms with van der Waals surface area (Å²) in [7, 11) is 0. The molecule has 0 saturated carbocycles. The number of hydrogen-bond acceptors (Lipinski definition) is 3. The van der Waals surface area contributed by atoms with Crippen molar-refractivity contribution in [2.45, 2.75) is 38.9 Å². The normalized spacial score (nSPS) is 18.4. The van der Waals surface area contributed by atoms with Crippen LogP contribution in [0.4, 0.5) is 5.69 Å². The molecule has 2 N–H and O–H groups in total. The van der Waals surface area contributed by atoms with Gasteiger partial charge in [-0.2, -0.15) is 0 Å². The van der Waals surface area contributed by atoms with Gasteiger partial charge in [0.25, 0.3) is 0 Å². The Bertz CT molecular complexity index is 561. The molecule has 2 nitrogen and oxygen atoms in total. The highest BCUT2D eigenvalue weighted by Gasteiger charge is 2.22. The van der Waals surface area contributed by atoms with E-state index in [0.29, 0.717) is 12.6 Å². The van der Waals surface area contributed by atoms with Crippen molar-refractivity contribution in [1.29, 1.82) is 0 Å². The molecule has 3 rings (SSSR count). The van der Waals surface area contributed by atoms with Crippen molar-refractivity contribution in [3.8, 4) is 0 Å². The van der Waals surface area contributed by atoms with Crippen LogP contribution in [-0.2, 0) is 19.5 Å². The van der Waals surface area contributed by atoms with Crippen LogP contribution in [0.15, 0.2) is 36.4 Å². The predicted molar refractivity (Wildman–Crippen MR) is 82.6 cm³/mol. The average Bonchev–Trinajstić information content (AvgIpc) is 2.90. The predicted octanol–water partition coefficient (Wildman–Crippen LogP) is 3.55. The summed E-state index contributed by atoms with van der Waals surface area (Å²) in [5, 5.41) is 0. The molecule has 100 valence electrons. The highest BCUT2D eigenvalue weighted by molar-refractivity contribution is 7.12. The molecule has 1 aromatic carbocycles. The van der Waals surface area contributed by atoms with E-state index in [2.05, 4.69) is 48.2 Å². The van der Waals surface area contributed by atoms with Crippen LogP contribution in [0.5, 0.6) is 0 Å². The van der Waals surface area contributed by atoms with Crippen molar-refractivity contribution in [2.24, 2.45) is 5.73 Å². The Hall–Kier alpha value is -1.32. The minimum absolute atomic E-state index is 0.610. The fourth-order valence-electron chi connectivity index (χ4n) is 2.79. The monoisotopic (exact) mass is 272 g/mol. The number of fused-ring (bicyclic) bond motifs is 1. The summed E-state index contributed by atoms with van der Waals surface area (Å²) >= 11 is 1.84. The summed E-state index contributed by atoms with van der Waals surface area (Å²) < 4.78 is 0. The third-order valence-corrected chi connectivity index (χ3v) is 5.00. The summed E-state index contributed by atoms with van der Waals surface area (Å²) in [5.41, 5.74) is 8.59. The molecule has 0 bridgehead atoms. The molecule has 1 aromatic heterocycles. The molecule has 0 radical (unpaired) electrons. The van der Waals surface area contributed by atoms with Gasteiger partial charge in [-0.15, -0.1) is 11.3 Å². The van der Waals surface area contributed by atoms with E-state index < -0.39 is 0 Å². The Morgan fingerprint density at radius 2 is 2.00 bits per heavy atom. The lowest BCUT2D eigenvalue weighted by Gasteiger charge is -2.36. The zero-order valence-corrected chi connectivity index (χ0v) is 12.1. The molecular formula is C16H20N2S. The van der Waals surface area contributed by atoms with Crippen molar-refractivity contribution in [2.75, 3.05) is 4.90 Å². The van der Waals surface area contributed by atoms with E-state index in [1.807, 2.05) is 11.3 Å². The highest BCUT2D eigenvalue weighted by Crippen LogP contribution is 2.32. The number of para-hydroxylation sites is 1. The Morgan fingerprint density at radius 3 is 2.79 bits per heavy atom. The number of rotatable bonds is 3. The van der Waals surface area contributed by atoms with Gasteiger partial charge in [-0.25, -0.2) is 0 Å². The van der Waals surface area contributed by atoms with Crippen molar-refractivity contribution in [3.63, 3.8) is 0 Å². The molecule has 0 spiro atoms. The zero-order valence-electron chi connectivity index (χ0n) is 11.3. The maximum Gasteiger partial charge on any atom is 0.0526 e. The van der Waals surface area contributed by atoms with Crippen molar-refractivity contribution >= 4 is 17.0 Å². The second-order valence-corrected chi connectivity index (χ2v) is 6.47. The molecule has 0 saturated heterocycles. The lowest BCUT2D eigenvalue weighted by Crippen LogP contribution is -2.36. The molecule has 0 fully saturated rings. The van der Waals surface area contributed by atoms with E-state index in [0.717, 1.165) is 6.54 Å². The van der Waals surface area contributed by atoms with Gasteiger partial charge in [0.15, 0.2) is 0 Å². The maximum atomic E-state index is 5.70. The SMILES string of the molecule is CC1CCc2ccccc2N1Cc1ccc(CN)s1. The van der Waals surface area contributed by atoms with Crippen LogP contribution >= 0.6 is 11.3 Å². The molecular weight excluding hydrogens is 252 g/mol. The van der Waals surface area contributed by atoms with Gasteiger partial charge in [0, 0.05) is 28.0 Å². The fourth-order valence-corrected chi connectivity index (χ4v) is 3.68. The van der Waals surface area contributed by atoms with E-state index in [4.69, 9.17) is 5.73 Å². The summed E-state index contributed by atoms with van der Waals surface area (Å²) in [6.07, 6.45) is 2.44. The summed E-state index contributed by atoms with van der Waals surface area (Å²) in [5.74, 6) is 0. The van der Waals surface area contributed by atoms with Crippen molar-refractivity contribution in [3.05, 3.63) is 51.7 Å². The molecule has 1 aliphatic heterocycles. The van der Waals surface area contributed by atoms with E-state index >= 15 is 0 Å². The lowest BCUT2D eigenvalue weighted by molar-refractivity contribution is 0.562. The second kappa shape index (κ2) is 5.35. The third-order valence-electron chi connectivity index (χ3n) is 3.91. The first-order valence-electron chi connectivity index (χ1n) is 6.90. The largest absolute Gasteiger partial charge is 0.363 e. The van der Waals surface area contributed by atoms with Gasteiger partial charge < -0.3 is 10.6 Å². The Kier molecular flexibility index (Phi) is 3.58. The van der Waals surface area contributed by atoms with E-state index in [1.54, 1.807) is 0 Å². The molecule has 2 aromatic rings. The number of thiophene rings is 1. The third kappa shape index (κ3) is 2.53. The van der Waals surface area contributed by atoms with Gasteiger partial charge in [-0.05, 0) is 43.5 Å². The van der Waals surface area contributed by atoms with Crippen LogP contribution < -0.4 is 10.6 Å². The number of aryl methyl sites for hydroxylation is 1. The molecule has 1 unspecified atom stereocenters. The summed E-state index contributed by atoms with van der Waals surface area (Å²) in [6.45, 7) is 3.98. The Morgan fingerprint density at radius 1 is 1.21 bits per heavy atom. The van der Waals surface area contributed by atoms with Crippen LogP contribution in [-0.4, -0.2) is 6.04 Å². The molecule has 3 heteroatoms. The van der Waals surface area contributed by atoms with Gasteiger partial charge in [-0.1, -0.05) is 18.2 Å². The molecule has 1 atom stereocenters. The highest BCUT2D eigenvalue weighted by atomic mass is 32.1. The Labute approximate surface area is 118 Å². The fraction of sp³-hybridized carbons (Fsp3) is 0.375. The van der Waals surface area contributed by atoms with Crippen LogP contribution in [0.1, 0.15) is 28.7 Å². The number of hydrogen-bond donors (Lipinski definition) is 1. The lowest BCUT2D eigenvalue weighted by atomic mass is 9.96. The molecule has 2 heterocycles. The van der Waals surface area contributed by atoms with Crippen LogP contribution in [0.2, 0.25) is 0 Å². The average molecular weight is 272 g/mol. The smallest absolute Gasteiger partial charge is 0.0526 e. The minimum Gasteiger partial charge on any atom is -0.363 e. The standard InChI is InChI=1S/C16H20N2S/c1-12-6-7-13-4-2-3-5-16(13)18(12)11-15-9-8-14(10-17)19-15/h2-5,8-9,12H,6-7,10-11,17H2,1H3. The number of anilines is 1. The number of benzene rings is 1. The summed E-state index contributed by atoms with van der Waals surface area (Å²) in [4.78, 5) is 5.21. The van der Waals surface area contributed by atoms with Gasteiger partial charge in [-0.3, -0.25) is 0 Å². The van der Waals surface area contributed by atoms with Crippen LogP contribution in [0.3, 0.4) is 0 Å². The number of nitrogens with two attached hydrogens (primary N) is 1. The molecule has 0 aliphatic carbocycles. The Balaban J connectivity index is 1.87. The summed E-state index contributed by atoms with van der Waals surface area (Å²) in [6, 6.07) is 13.8. The number of nitrogens with zero attached hydrogens (tertiary/aromatic N) is 1. The quantitative estimate of drug-likeness (QED) is 0.926. The van der Waals surface area contributed by atoms with E-state index in [-0.39, 0.29) is 0 Å². The first-order valence-corrected chi connectivity index (χ1v) is 7.72. The minimum atomic E-state index is 0.610. The first kappa shape index (κ1) is 12.7. The van der Waals surface area contributed by atoms with Crippen molar-refractivity contribution < 1.29 is 0 Å². The van der Waals surface area contributed by atoms with Gasteiger partial charge in [0.2, 0.25) is 0 Å². The molecule has 0 amide bonds. The second-order valence-electron chi connectivity index (χ2n) is 5.22. The topological polar surface area (TPSA) is 29.3 Å². The molecule has 19 heavy (non-hydrogen) atoms. The van der Waals surface area contributed by atoms with Crippen LogP contribution in [0.25, 0.3) is 0 Å². The van der Waals surface area contributed by atoms with Gasteiger partial charge >= 0.3 is 0 Å². The first-order chi connectivity index (χ1) is 9.28. The zero-order chi connectivity index (χ0) is 13.2. The van der Waals surface area contributed by atoms with E-state index in [9.17, 15) is 0 Å². The van der Waals surface area contributed by atoms with Gasteiger partial charge in [0.05, 0.1) is 6.54 Å². The maximum absolute atomic E-state index is 5.70. The van der Waals surface area contributed by atoms with Crippen molar-refractivity contribution in [1.82, 2.24) is 0 Å². The van der Waals surface area contributed by atoms with E-state index in [1.165, 1.54) is 33.8 Å².